The molecule has 0 atom stereocenters. The van der Waals surface area contributed by atoms with Crippen LogP contribution in [0.2, 0.25) is 0 Å². The van der Waals surface area contributed by atoms with E-state index in [1.807, 2.05) is 25.1 Å². The Bertz CT molecular complexity index is 1190. The fourth-order valence-electron chi connectivity index (χ4n) is 2.73. The largest absolute Gasteiger partial charge is 0.497 e. The van der Waals surface area contributed by atoms with Gasteiger partial charge in [0.05, 0.1) is 23.5 Å². The summed E-state index contributed by atoms with van der Waals surface area (Å²) in [6, 6.07) is 12.5. The van der Waals surface area contributed by atoms with E-state index in [4.69, 9.17) is 4.74 Å². The van der Waals surface area contributed by atoms with Crippen molar-refractivity contribution in [2.24, 2.45) is 0 Å². The monoisotopic (exact) mass is 365 g/mol. The third-order valence-electron chi connectivity index (χ3n) is 4.09. The summed E-state index contributed by atoms with van der Waals surface area (Å²) in [6.45, 7) is 2.00. The number of rotatable bonds is 3. The van der Waals surface area contributed by atoms with Crippen LogP contribution in [0.1, 0.15) is 15.9 Å². The van der Waals surface area contributed by atoms with Crippen molar-refractivity contribution in [3.05, 3.63) is 70.1 Å². The minimum Gasteiger partial charge on any atom is -0.497 e. The van der Waals surface area contributed by atoms with Crippen molar-refractivity contribution in [3.63, 3.8) is 0 Å². The summed E-state index contributed by atoms with van der Waals surface area (Å²) in [5.74, 6) is 0.284. The van der Waals surface area contributed by atoms with Gasteiger partial charge in [0, 0.05) is 5.56 Å². The minimum atomic E-state index is -0.373. The van der Waals surface area contributed by atoms with Crippen LogP contribution >= 0.6 is 11.3 Å². The zero-order valence-corrected chi connectivity index (χ0v) is 15.0. The Morgan fingerprint density at radius 1 is 1.19 bits per heavy atom. The molecule has 0 saturated heterocycles. The highest BCUT2D eigenvalue weighted by Crippen LogP contribution is 2.25. The number of ether oxygens (including phenoxy) is 1. The molecule has 6 nitrogen and oxygen atoms in total. The van der Waals surface area contributed by atoms with Crippen molar-refractivity contribution < 1.29 is 9.53 Å². The van der Waals surface area contributed by atoms with Crippen molar-refractivity contribution in [3.8, 4) is 5.75 Å². The highest BCUT2D eigenvalue weighted by molar-refractivity contribution is 7.23. The van der Waals surface area contributed by atoms with Crippen molar-refractivity contribution >= 4 is 38.1 Å². The molecule has 4 aromatic rings. The first kappa shape index (κ1) is 16.3. The van der Waals surface area contributed by atoms with E-state index < -0.39 is 0 Å². The number of aromatic nitrogens is 2. The van der Waals surface area contributed by atoms with Crippen LogP contribution in [0, 0.1) is 6.92 Å². The summed E-state index contributed by atoms with van der Waals surface area (Å²) in [6.07, 6.45) is 1.40. The summed E-state index contributed by atoms with van der Waals surface area (Å²) in [5, 5.41) is 2.65. The second-order valence-corrected chi connectivity index (χ2v) is 6.86. The second kappa shape index (κ2) is 6.27. The van der Waals surface area contributed by atoms with E-state index in [1.54, 1.807) is 31.4 Å². The fraction of sp³-hybridized carbons (Fsp3) is 0.105. The van der Waals surface area contributed by atoms with Crippen LogP contribution in [-0.4, -0.2) is 22.4 Å². The predicted octanol–water partition coefficient (Wildman–Crippen LogP) is 3.48. The van der Waals surface area contributed by atoms with E-state index in [0.717, 1.165) is 15.8 Å². The maximum atomic E-state index is 12.9. The molecule has 1 N–H and O–H groups in total. The normalized spacial score (nSPS) is 11.0. The molecular formula is C19H15N3O3S. The molecule has 0 aliphatic heterocycles. The van der Waals surface area contributed by atoms with Gasteiger partial charge in [-0.25, -0.2) is 9.38 Å². The Morgan fingerprint density at radius 3 is 2.69 bits per heavy atom. The van der Waals surface area contributed by atoms with Gasteiger partial charge in [0.15, 0.2) is 4.96 Å². The third-order valence-corrected chi connectivity index (χ3v) is 5.10. The van der Waals surface area contributed by atoms with Crippen molar-refractivity contribution in [1.82, 2.24) is 9.38 Å². The first-order valence-electron chi connectivity index (χ1n) is 7.93. The Morgan fingerprint density at radius 2 is 1.96 bits per heavy atom. The molecule has 0 aliphatic carbocycles. The van der Waals surface area contributed by atoms with E-state index >= 15 is 0 Å². The maximum absolute atomic E-state index is 12.9. The Hall–Kier alpha value is -3.19. The lowest BCUT2D eigenvalue weighted by Crippen LogP contribution is -2.22. The van der Waals surface area contributed by atoms with Crippen LogP contribution in [0.3, 0.4) is 0 Å². The number of carbonyl (C=O) groups is 1. The number of hydrogen-bond acceptors (Lipinski definition) is 5. The zero-order chi connectivity index (χ0) is 18.3. The molecule has 2 aromatic heterocycles. The van der Waals surface area contributed by atoms with Gasteiger partial charge in [-0.05, 0) is 48.9 Å². The highest BCUT2D eigenvalue weighted by Gasteiger charge is 2.14. The van der Waals surface area contributed by atoms with Crippen LogP contribution in [0.15, 0.2) is 53.5 Å². The van der Waals surface area contributed by atoms with Gasteiger partial charge in [-0.15, -0.1) is 0 Å². The summed E-state index contributed by atoms with van der Waals surface area (Å²) < 4.78 is 7.59. The van der Waals surface area contributed by atoms with Gasteiger partial charge in [0.1, 0.15) is 11.4 Å². The molecule has 0 saturated carbocycles. The number of methoxy groups -OCH3 is 1. The van der Waals surface area contributed by atoms with Crippen molar-refractivity contribution in [2.45, 2.75) is 6.92 Å². The topological polar surface area (TPSA) is 72.7 Å². The van der Waals surface area contributed by atoms with Gasteiger partial charge in [0.25, 0.3) is 11.5 Å². The van der Waals surface area contributed by atoms with E-state index in [1.165, 1.54) is 21.9 Å². The molecule has 0 aliphatic rings. The van der Waals surface area contributed by atoms with Crippen LogP contribution < -0.4 is 15.6 Å². The number of benzene rings is 2. The number of nitrogens with one attached hydrogen (secondary N) is 1. The number of aryl methyl sites for hydroxylation is 1. The molecule has 0 spiro atoms. The summed E-state index contributed by atoms with van der Waals surface area (Å²) in [7, 11) is 1.56. The molecule has 2 heterocycles. The van der Waals surface area contributed by atoms with Gasteiger partial charge in [-0.2, -0.15) is 0 Å². The summed E-state index contributed by atoms with van der Waals surface area (Å²) in [5.41, 5.74) is 2.18. The number of nitrogens with zero attached hydrogens (tertiary/aromatic N) is 2. The van der Waals surface area contributed by atoms with Gasteiger partial charge >= 0.3 is 0 Å². The van der Waals surface area contributed by atoms with Gasteiger partial charge in [0.2, 0.25) is 0 Å². The van der Waals surface area contributed by atoms with E-state index in [9.17, 15) is 9.59 Å². The van der Waals surface area contributed by atoms with E-state index in [2.05, 4.69) is 10.3 Å². The number of fused-ring (bicyclic) bond motifs is 3. The average Bonchev–Trinajstić information content (AvgIpc) is 3.02. The van der Waals surface area contributed by atoms with Gasteiger partial charge in [-0.3, -0.25) is 9.59 Å². The molecule has 0 unspecified atom stereocenters. The maximum Gasteiger partial charge on any atom is 0.282 e. The number of amides is 1. The highest BCUT2D eigenvalue weighted by atomic mass is 32.1. The molecule has 1 amide bonds. The van der Waals surface area contributed by atoms with Crippen molar-refractivity contribution in [1.29, 1.82) is 0 Å². The molecule has 0 bridgehead atoms. The second-order valence-electron chi connectivity index (χ2n) is 5.85. The van der Waals surface area contributed by atoms with E-state index in [0.29, 0.717) is 16.3 Å². The number of thiazole rings is 1. The predicted molar refractivity (Wildman–Crippen MR) is 103 cm³/mol. The molecule has 0 radical (unpaired) electrons. The smallest absolute Gasteiger partial charge is 0.282 e. The Labute approximate surface area is 152 Å². The molecule has 2 aromatic carbocycles. The Kier molecular flexibility index (Phi) is 3.93. The summed E-state index contributed by atoms with van der Waals surface area (Å²) in [4.78, 5) is 30.2. The SMILES string of the molecule is COc1ccc(C(=O)Nc2cnc3sc4cc(C)ccc4n3c2=O)cc1. The quantitative estimate of drug-likeness (QED) is 0.603. The number of anilines is 1. The molecule has 7 heteroatoms. The van der Waals surface area contributed by atoms with Crippen molar-refractivity contribution in [2.75, 3.05) is 12.4 Å². The first-order valence-corrected chi connectivity index (χ1v) is 8.75. The number of carbonyl (C=O) groups excluding carboxylic acids is 1. The van der Waals surface area contributed by atoms with E-state index in [-0.39, 0.29) is 17.2 Å². The van der Waals surface area contributed by atoms with Crippen LogP contribution in [-0.2, 0) is 0 Å². The van der Waals surface area contributed by atoms with Crippen LogP contribution in [0.5, 0.6) is 5.75 Å². The molecule has 130 valence electrons. The lowest BCUT2D eigenvalue weighted by Gasteiger charge is -2.06. The van der Waals surface area contributed by atoms with Crippen LogP contribution in [0.4, 0.5) is 5.69 Å². The first-order chi connectivity index (χ1) is 12.6. The van der Waals surface area contributed by atoms with Gasteiger partial charge < -0.3 is 10.1 Å². The fourth-order valence-corrected chi connectivity index (χ4v) is 3.82. The summed E-state index contributed by atoms with van der Waals surface area (Å²) >= 11 is 1.44. The van der Waals surface area contributed by atoms with Crippen LogP contribution in [0.25, 0.3) is 15.2 Å². The molecule has 26 heavy (non-hydrogen) atoms. The average molecular weight is 365 g/mol. The Balaban J connectivity index is 1.74. The molecule has 0 fully saturated rings. The standard InChI is InChI=1S/C19H15N3O3S/c1-11-3-8-15-16(9-11)26-19-20-10-14(18(24)22(15)19)21-17(23)12-4-6-13(25-2)7-5-12/h3-10H,1-2H3,(H,21,23). The molecule has 4 rings (SSSR count). The molecular weight excluding hydrogens is 350 g/mol. The van der Waals surface area contributed by atoms with Gasteiger partial charge in [-0.1, -0.05) is 17.4 Å². The lowest BCUT2D eigenvalue weighted by atomic mass is 10.2. The lowest BCUT2D eigenvalue weighted by molar-refractivity contribution is 0.102. The third kappa shape index (κ3) is 2.72. The number of hydrogen-bond donors (Lipinski definition) is 1. The minimum absolute atomic E-state index is 0.142. The zero-order valence-electron chi connectivity index (χ0n) is 14.1.